The highest BCUT2D eigenvalue weighted by atomic mass is 19.1. The minimum absolute atomic E-state index is 0.102. The highest BCUT2D eigenvalue weighted by molar-refractivity contribution is 4.79. The Bertz CT molecular complexity index is 146. The summed E-state index contributed by atoms with van der Waals surface area (Å²) < 4.78 is 12.1. The van der Waals surface area contributed by atoms with Crippen LogP contribution in [-0.2, 0) is 0 Å². The molecule has 0 amide bonds. The molecule has 0 saturated carbocycles. The van der Waals surface area contributed by atoms with E-state index in [1.165, 1.54) is 0 Å². The van der Waals surface area contributed by atoms with Crippen molar-refractivity contribution < 1.29 is 9.50 Å². The molecule has 0 bridgehead atoms. The SMILES string of the molecule is NCCN1CCC(O)C(CCF)C1. The zero-order chi connectivity index (χ0) is 9.68. The van der Waals surface area contributed by atoms with E-state index in [0.717, 1.165) is 26.1 Å². The van der Waals surface area contributed by atoms with Gasteiger partial charge in [-0.1, -0.05) is 0 Å². The summed E-state index contributed by atoms with van der Waals surface area (Å²) in [4.78, 5) is 2.20. The molecule has 0 aromatic heterocycles. The number of nitrogens with two attached hydrogens (primary N) is 1. The molecule has 0 radical (unpaired) electrons. The zero-order valence-electron chi connectivity index (χ0n) is 7.95. The molecule has 0 aromatic carbocycles. The molecule has 78 valence electrons. The normalized spacial score (nSPS) is 30.7. The third kappa shape index (κ3) is 3.21. The van der Waals surface area contributed by atoms with Gasteiger partial charge >= 0.3 is 0 Å². The third-order valence-electron chi connectivity index (χ3n) is 2.70. The van der Waals surface area contributed by atoms with Crippen LogP contribution < -0.4 is 5.73 Å². The molecule has 1 heterocycles. The second-order valence-corrected chi connectivity index (χ2v) is 3.68. The van der Waals surface area contributed by atoms with Crippen molar-refractivity contribution in [3.05, 3.63) is 0 Å². The predicted octanol–water partition coefficient (Wildman–Crippen LogP) is -0.0125. The Kier molecular flexibility index (Phi) is 4.62. The molecule has 3 N–H and O–H groups in total. The minimum Gasteiger partial charge on any atom is -0.393 e. The van der Waals surface area contributed by atoms with E-state index < -0.39 is 0 Å². The fourth-order valence-corrected chi connectivity index (χ4v) is 1.90. The molecule has 3 nitrogen and oxygen atoms in total. The summed E-state index contributed by atoms with van der Waals surface area (Å²) in [6, 6.07) is 0. The van der Waals surface area contributed by atoms with E-state index in [9.17, 15) is 9.50 Å². The number of hydrogen-bond donors (Lipinski definition) is 2. The number of alkyl halides is 1. The van der Waals surface area contributed by atoms with Crippen LogP contribution in [0.25, 0.3) is 0 Å². The average molecular weight is 190 g/mol. The first-order valence-electron chi connectivity index (χ1n) is 4.94. The van der Waals surface area contributed by atoms with Crippen LogP contribution in [0, 0.1) is 5.92 Å². The molecule has 2 unspecified atom stereocenters. The number of hydrogen-bond acceptors (Lipinski definition) is 3. The first kappa shape index (κ1) is 10.9. The van der Waals surface area contributed by atoms with Crippen LogP contribution in [0.3, 0.4) is 0 Å². The number of piperidine rings is 1. The van der Waals surface area contributed by atoms with Gasteiger partial charge in [-0.05, 0) is 12.8 Å². The van der Waals surface area contributed by atoms with E-state index in [2.05, 4.69) is 4.90 Å². The van der Waals surface area contributed by atoms with Crippen LogP contribution in [0.1, 0.15) is 12.8 Å². The Morgan fingerprint density at radius 3 is 2.92 bits per heavy atom. The van der Waals surface area contributed by atoms with Crippen molar-refractivity contribution in [3.8, 4) is 0 Å². The van der Waals surface area contributed by atoms with Gasteiger partial charge in [0.15, 0.2) is 0 Å². The minimum atomic E-state index is -0.335. The molecule has 1 aliphatic rings. The summed E-state index contributed by atoms with van der Waals surface area (Å²) >= 11 is 0. The van der Waals surface area contributed by atoms with Gasteiger partial charge in [0.2, 0.25) is 0 Å². The third-order valence-corrected chi connectivity index (χ3v) is 2.70. The molecular formula is C9H19FN2O. The van der Waals surface area contributed by atoms with E-state index >= 15 is 0 Å². The summed E-state index contributed by atoms with van der Waals surface area (Å²) in [7, 11) is 0. The van der Waals surface area contributed by atoms with Crippen LogP contribution in [0.4, 0.5) is 4.39 Å². The fraction of sp³-hybridized carbons (Fsp3) is 1.00. The molecule has 0 aromatic rings. The lowest BCUT2D eigenvalue weighted by Crippen LogP contribution is -2.45. The highest BCUT2D eigenvalue weighted by Gasteiger charge is 2.26. The molecule has 13 heavy (non-hydrogen) atoms. The monoisotopic (exact) mass is 190 g/mol. The largest absolute Gasteiger partial charge is 0.393 e. The lowest BCUT2D eigenvalue weighted by molar-refractivity contribution is 0.0214. The van der Waals surface area contributed by atoms with E-state index in [4.69, 9.17) is 5.73 Å². The van der Waals surface area contributed by atoms with Gasteiger partial charge in [-0.25, -0.2) is 0 Å². The Morgan fingerprint density at radius 2 is 2.31 bits per heavy atom. The van der Waals surface area contributed by atoms with Crippen molar-refractivity contribution in [1.29, 1.82) is 0 Å². The summed E-state index contributed by atoms with van der Waals surface area (Å²) in [5.41, 5.74) is 5.44. The number of nitrogens with zero attached hydrogens (tertiary/aromatic N) is 1. The molecule has 2 atom stereocenters. The summed E-state index contributed by atoms with van der Waals surface area (Å²) in [5, 5.41) is 9.56. The first-order valence-corrected chi connectivity index (χ1v) is 4.94. The van der Waals surface area contributed by atoms with Crippen LogP contribution >= 0.6 is 0 Å². The molecule has 1 fully saturated rings. The second-order valence-electron chi connectivity index (χ2n) is 3.68. The van der Waals surface area contributed by atoms with Gasteiger partial charge in [-0.3, -0.25) is 4.39 Å². The summed E-state index contributed by atoms with van der Waals surface area (Å²) in [5.74, 6) is 0.102. The average Bonchev–Trinajstić information content (AvgIpc) is 2.12. The molecular weight excluding hydrogens is 171 g/mol. The van der Waals surface area contributed by atoms with Crippen molar-refractivity contribution in [2.45, 2.75) is 18.9 Å². The van der Waals surface area contributed by atoms with E-state index in [1.54, 1.807) is 0 Å². The molecule has 4 heteroatoms. The maximum absolute atomic E-state index is 12.1. The smallest absolute Gasteiger partial charge is 0.0898 e. The second kappa shape index (κ2) is 5.52. The predicted molar refractivity (Wildman–Crippen MR) is 50.2 cm³/mol. The maximum atomic E-state index is 12.1. The van der Waals surface area contributed by atoms with Crippen LogP contribution in [0.5, 0.6) is 0 Å². The van der Waals surface area contributed by atoms with Gasteiger partial charge in [-0.2, -0.15) is 0 Å². The fourth-order valence-electron chi connectivity index (χ4n) is 1.90. The van der Waals surface area contributed by atoms with Gasteiger partial charge in [0.25, 0.3) is 0 Å². The van der Waals surface area contributed by atoms with E-state index in [0.29, 0.717) is 13.0 Å². The number of aliphatic hydroxyl groups excluding tert-OH is 1. The van der Waals surface area contributed by atoms with Crippen LogP contribution in [-0.4, -0.2) is 49.0 Å². The van der Waals surface area contributed by atoms with Gasteiger partial charge in [0.05, 0.1) is 12.8 Å². The number of likely N-dealkylation sites (tertiary alicyclic amines) is 1. The lowest BCUT2D eigenvalue weighted by atomic mass is 9.92. The molecule has 0 spiro atoms. The Morgan fingerprint density at radius 1 is 1.54 bits per heavy atom. The van der Waals surface area contributed by atoms with Crippen molar-refractivity contribution in [2.24, 2.45) is 11.7 Å². The van der Waals surface area contributed by atoms with Crippen LogP contribution in [0.15, 0.2) is 0 Å². The van der Waals surface area contributed by atoms with Crippen molar-refractivity contribution >= 4 is 0 Å². The Balaban J connectivity index is 2.33. The highest BCUT2D eigenvalue weighted by Crippen LogP contribution is 2.19. The molecule has 0 aliphatic carbocycles. The zero-order valence-corrected chi connectivity index (χ0v) is 7.95. The van der Waals surface area contributed by atoms with Crippen LogP contribution in [0.2, 0.25) is 0 Å². The quantitative estimate of drug-likeness (QED) is 0.655. The Labute approximate surface area is 78.7 Å². The standard InChI is InChI=1S/C9H19FN2O/c10-3-1-8-7-12(6-4-11)5-2-9(8)13/h8-9,13H,1-7,11H2. The Hall–Kier alpha value is -0.190. The number of rotatable bonds is 4. The van der Waals surface area contributed by atoms with E-state index in [1.807, 2.05) is 0 Å². The molecule has 1 saturated heterocycles. The molecule has 1 rings (SSSR count). The summed E-state index contributed by atoms with van der Waals surface area (Å²) in [6.45, 7) is 2.84. The van der Waals surface area contributed by atoms with Gasteiger partial charge in [-0.15, -0.1) is 0 Å². The van der Waals surface area contributed by atoms with Gasteiger partial charge < -0.3 is 15.7 Å². The topological polar surface area (TPSA) is 49.5 Å². The van der Waals surface area contributed by atoms with Crippen molar-refractivity contribution in [3.63, 3.8) is 0 Å². The van der Waals surface area contributed by atoms with Crippen molar-refractivity contribution in [1.82, 2.24) is 4.90 Å². The van der Waals surface area contributed by atoms with Gasteiger partial charge in [0, 0.05) is 32.1 Å². The maximum Gasteiger partial charge on any atom is 0.0898 e. The van der Waals surface area contributed by atoms with Gasteiger partial charge in [0.1, 0.15) is 0 Å². The number of aliphatic hydroxyl groups is 1. The van der Waals surface area contributed by atoms with E-state index in [-0.39, 0.29) is 18.7 Å². The number of halogens is 1. The molecule has 1 aliphatic heterocycles. The summed E-state index contributed by atoms with van der Waals surface area (Å²) in [6.07, 6.45) is 0.914. The van der Waals surface area contributed by atoms with Crippen molar-refractivity contribution in [2.75, 3.05) is 32.9 Å². The first-order chi connectivity index (χ1) is 6.27. The lowest BCUT2D eigenvalue weighted by Gasteiger charge is -2.35.